The SMILES string of the molecule is COc1ccccc1C(Nc1ccccc1Cl)P(=O)(OC(C)C)OC(C)C. The van der Waals surface area contributed by atoms with Crippen LogP contribution in [0.1, 0.15) is 39.0 Å². The zero-order chi connectivity index (χ0) is 20.0. The first-order valence-electron chi connectivity index (χ1n) is 8.87. The number of nitrogens with one attached hydrogen (secondary N) is 1. The summed E-state index contributed by atoms with van der Waals surface area (Å²) in [5, 5.41) is 3.78. The van der Waals surface area contributed by atoms with E-state index in [2.05, 4.69) is 5.32 Å². The van der Waals surface area contributed by atoms with Crippen LogP contribution in [0.25, 0.3) is 0 Å². The van der Waals surface area contributed by atoms with E-state index in [4.69, 9.17) is 25.4 Å². The number of hydrogen-bond acceptors (Lipinski definition) is 5. The Kier molecular flexibility index (Phi) is 7.75. The second-order valence-corrected chi connectivity index (χ2v) is 9.04. The fourth-order valence-electron chi connectivity index (χ4n) is 2.68. The molecule has 0 radical (unpaired) electrons. The summed E-state index contributed by atoms with van der Waals surface area (Å²) >= 11 is 6.33. The van der Waals surface area contributed by atoms with E-state index < -0.39 is 13.4 Å². The van der Waals surface area contributed by atoms with E-state index in [9.17, 15) is 4.57 Å². The predicted octanol–water partition coefficient (Wildman–Crippen LogP) is 6.50. The Labute approximate surface area is 166 Å². The number of benzene rings is 2. The fourth-order valence-corrected chi connectivity index (χ4v) is 5.19. The van der Waals surface area contributed by atoms with Crippen molar-refractivity contribution >= 4 is 24.9 Å². The third kappa shape index (κ3) is 5.73. The molecule has 0 spiro atoms. The molecule has 0 aromatic heterocycles. The fraction of sp³-hybridized carbons (Fsp3) is 0.400. The Morgan fingerprint density at radius 1 is 0.926 bits per heavy atom. The molecular weight excluding hydrogens is 385 g/mol. The van der Waals surface area contributed by atoms with Crippen LogP contribution in [-0.4, -0.2) is 19.3 Å². The summed E-state index contributed by atoms with van der Waals surface area (Å²) in [6, 6.07) is 14.6. The minimum Gasteiger partial charge on any atom is -0.496 e. The molecule has 2 rings (SSSR count). The number of methoxy groups -OCH3 is 1. The molecule has 0 fully saturated rings. The molecule has 0 aliphatic carbocycles. The van der Waals surface area contributed by atoms with Crippen molar-refractivity contribution in [2.24, 2.45) is 0 Å². The molecular formula is C20H27ClNO4P. The highest BCUT2D eigenvalue weighted by Crippen LogP contribution is 2.63. The van der Waals surface area contributed by atoms with Gasteiger partial charge < -0.3 is 19.1 Å². The third-order valence-electron chi connectivity index (χ3n) is 3.63. The minimum absolute atomic E-state index is 0.292. The number of ether oxygens (including phenoxy) is 1. The molecule has 0 saturated carbocycles. The molecule has 5 nitrogen and oxygen atoms in total. The molecule has 1 N–H and O–H groups in total. The van der Waals surface area contributed by atoms with Gasteiger partial charge in [0.25, 0.3) is 0 Å². The van der Waals surface area contributed by atoms with Crippen LogP contribution in [0.4, 0.5) is 5.69 Å². The van der Waals surface area contributed by atoms with Gasteiger partial charge in [-0.2, -0.15) is 0 Å². The van der Waals surface area contributed by atoms with E-state index in [1.807, 2.05) is 70.2 Å². The van der Waals surface area contributed by atoms with E-state index in [1.54, 1.807) is 13.2 Å². The second kappa shape index (κ2) is 9.61. The van der Waals surface area contributed by atoms with Gasteiger partial charge in [0.2, 0.25) is 0 Å². The van der Waals surface area contributed by atoms with Crippen LogP contribution >= 0.6 is 19.2 Å². The zero-order valence-electron chi connectivity index (χ0n) is 16.3. The maximum atomic E-state index is 13.9. The number of rotatable bonds is 9. The van der Waals surface area contributed by atoms with Gasteiger partial charge in [0, 0.05) is 5.56 Å². The number of hydrogen-bond donors (Lipinski definition) is 1. The van der Waals surface area contributed by atoms with Crippen molar-refractivity contribution in [1.29, 1.82) is 0 Å². The molecule has 7 heteroatoms. The maximum Gasteiger partial charge on any atom is 0.357 e. The summed E-state index contributed by atoms with van der Waals surface area (Å²) in [7, 11) is -2.07. The van der Waals surface area contributed by atoms with Crippen molar-refractivity contribution in [3.8, 4) is 5.75 Å². The van der Waals surface area contributed by atoms with E-state index >= 15 is 0 Å². The van der Waals surface area contributed by atoms with Gasteiger partial charge in [-0.25, -0.2) is 0 Å². The van der Waals surface area contributed by atoms with Gasteiger partial charge in [-0.05, 0) is 45.9 Å². The summed E-state index contributed by atoms with van der Waals surface area (Å²) in [6.07, 6.45) is -0.584. The van der Waals surface area contributed by atoms with Gasteiger partial charge >= 0.3 is 7.60 Å². The molecule has 1 atom stereocenters. The molecule has 148 valence electrons. The van der Waals surface area contributed by atoms with E-state index in [-0.39, 0.29) is 12.2 Å². The van der Waals surface area contributed by atoms with Gasteiger partial charge in [0.1, 0.15) is 5.75 Å². The first-order chi connectivity index (χ1) is 12.8. The quantitative estimate of drug-likeness (QED) is 0.477. The van der Waals surface area contributed by atoms with Crippen LogP contribution in [-0.2, 0) is 13.6 Å². The van der Waals surface area contributed by atoms with Crippen molar-refractivity contribution in [2.75, 3.05) is 12.4 Å². The van der Waals surface area contributed by atoms with Crippen LogP contribution in [0.2, 0.25) is 5.02 Å². The van der Waals surface area contributed by atoms with Gasteiger partial charge in [0.05, 0.1) is 30.0 Å². The average Bonchev–Trinajstić information content (AvgIpc) is 2.59. The molecule has 2 aromatic carbocycles. The lowest BCUT2D eigenvalue weighted by atomic mass is 10.2. The Morgan fingerprint density at radius 2 is 1.48 bits per heavy atom. The normalized spacial score (nSPS) is 13.0. The van der Waals surface area contributed by atoms with Gasteiger partial charge in [-0.3, -0.25) is 4.57 Å². The molecule has 0 aliphatic heterocycles. The lowest BCUT2D eigenvalue weighted by Gasteiger charge is -2.32. The minimum atomic E-state index is -3.64. The lowest BCUT2D eigenvalue weighted by molar-refractivity contribution is 0.138. The molecule has 2 aromatic rings. The van der Waals surface area contributed by atoms with Crippen LogP contribution < -0.4 is 10.1 Å². The summed E-state index contributed by atoms with van der Waals surface area (Å²) in [4.78, 5) is 0. The Hall–Kier alpha value is -1.52. The topological polar surface area (TPSA) is 56.8 Å². The molecule has 0 aliphatic rings. The van der Waals surface area contributed by atoms with Crippen LogP contribution in [0, 0.1) is 0 Å². The molecule has 0 bridgehead atoms. The van der Waals surface area contributed by atoms with Gasteiger partial charge in [-0.15, -0.1) is 0 Å². The summed E-state index contributed by atoms with van der Waals surface area (Å²) in [6.45, 7) is 7.30. The van der Waals surface area contributed by atoms with Crippen molar-refractivity contribution in [3.63, 3.8) is 0 Å². The van der Waals surface area contributed by atoms with Crippen molar-refractivity contribution in [3.05, 3.63) is 59.1 Å². The van der Waals surface area contributed by atoms with E-state index in [0.717, 1.165) is 0 Å². The smallest absolute Gasteiger partial charge is 0.357 e. The largest absolute Gasteiger partial charge is 0.496 e. The molecule has 0 amide bonds. The zero-order valence-corrected chi connectivity index (χ0v) is 18.0. The number of halogens is 1. The molecule has 1 unspecified atom stereocenters. The lowest BCUT2D eigenvalue weighted by Crippen LogP contribution is -2.20. The van der Waals surface area contributed by atoms with Crippen LogP contribution in [0.15, 0.2) is 48.5 Å². The van der Waals surface area contributed by atoms with Gasteiger partial charge in [-0.1, -0.05) is 41.9 Å². The highest BCUT2D eigenvalue weighted by atomic mass is 35.5. The molecule has 0 saturated heterocycles. The number of anilines is 1. The maximum absolute atomic E-state index is 13.9. The second-order valence-electron chi connectivity index (χ2n) is 6.62. The Morgan fingerprint density at radius 3 is 2.04 bits per heavy atom. The first-order valence-corrected chi connectivity index (χ1v) is 10.9. The average molecular weight is 412 g/mol. The van der Waals surface area contributed by atoms with Crippen LogP contribution in [0.3, 0.4) is 0 Å². The van der Waals surface area contributed by atoms with Crippen molar-refractivity contribution in [1.82, 2.24) is 0 Å². The summed E-state index contributed by atoms with van der Waals surface area (Å²) in [5.74, 6) is -0.208. The third-order valence-corrected chi connectivity index (χ3v) is 6.43. The number of para-hydroxylation sites is 2. The first kappa shape index (κ1) is 21.8. The summed E-state index contributed by atoms with van der Waals surface area (Å²) in [5.41, 5.74) is 1.31. The highest BCUT2D eigenvalue weighted by molar-refractivity contribution is 7.54. The molecule has 27 heavy (non-hydrogen) atoms. The predicted molar refractivity (Wildman–Crippen MR) is 111 cm³/mol. The van der Waals surface area contributed by atoms with E-state index in [0.29, 0.717) is 22.0 Å². The van der Waals surface area contributed by atoms with Crippen molar-refractivity contribution < 1.29 is 18.3 Å². The standard InChI is InChI=1S/C20H27ClNO4P/c1-14(2)25-27(23,26-15(3)4)20(16-10-6-9-13-19(16)24-5)22-18-12-8-7-11-17(18)21/h6-15,20,22H,1-5H3. The monoisotopic (exact) mass is 411 g/mol. The molecule has 0 heterocycles. The highest BCUT2D eigenvalue weighted by Gasteiger charge is 2.41. The Bertz CT molecular complexity index is 783. The van der Waals surface area contributed by atoms with Crippen LogP contribution in [0.5, 0.6) is 5.75 Å². The van der Waals surface area contributed by atoms with Gasteiger partial charge in [0.15, 0.2) is 5.78 Å². The summed E-state index contributed by atoms with van der Waals surface area (Å²) < 4.78 is 31.1. The van der Waals surface area contributed by atoms with E-state index in [1.165, 1.54) is 0 Å². The Balaban J connectivity index is 2.59. The van der Waals surface area contributed by atoms with Crippen molar-refractivity contribution in [2.45, 2.75) is 45.7 Å².